The molecular weight excluding hydrogens is 316 g/mol. The quantitative estimate of drug-likeness (QED) is 0.354. The minimum atomic E-state index is -1.64. The van der Waals surface area contributed by atoms with Gasteiger partial charge in [-0.25, -0.2) is 0 Å². The van der Waals surface area contributed by atoms with Crippen LogP contribution in [0.3, 0.4) is 0 Å². The third kappa shape index (κ3) is 2.44. The summed E-state index contributed by atoms with van der Waals surface area (Å²) in [6.07, 6.45) is -5.84. The summed E-state index contributed by atoms with van der Waals surface area (Å²) in [7, 11) is 0. The molecule has 4 rings (SSSR count). The molecule has 0 radical (unpaired) electrons. The van der Waals surface area contributed by atoms with E-state index in [2.05, 4.69) is 0 Å². The number of aliphatic hydroxyl groups is 5. The van der Waals surface area contributed by atoms with Gasteiger partial charge < -0.3 is 25.5 Å². The number of piperidine rings is 2. The Hall–Kier alpha value is -0.610. The Balaban J connectivity index is 1.82. The molecule has 0 saturated carbocycles. The average Bonchev–Trinajstić information content (AvgIpc) is 2.55. The molecule has 4 heterocycles. The van der Waals surface area contributed by atoms with E-state index in [-0.39, 0.29) is 5.78 Å². The van der Waals surface area contributed by atoms with E-state index in [1.807, 2.05) is 23.6 Å². The maximum Gasteiger partial charge on any atom is 0.150 e. The second-order valence-corrected chi connectivity index (χ2v) is 7.97. The minimum absolute atomic E-state index is 0.286. The van der Waals surface area contributed by atoms with Gasteiger partial charge in [0.1, 0.15) is 30.2 Å². The van der Waals surface area contributed by atoms with Crippen molar-refractivity contribution in [2.45, 2.75) is 50.8 Å². The van der Waals surface area contributed by atoms with Crippen LogP contribution in [-0.4, -0.2) is 104 Å². The normalized spacial score (nSPS) is 46.0. The highest BCUT2D eigenvalue weighted by molar-refractivity contribution is 5.93. The Kier molecular flexibility index (Phi) is 4.53. The van der Waals surface area contributed by atoms with Crippen molar-refractivity contribution in [1.82, 2.24) is 9.80 Å². The van der Waals surface area contributed by atoms with E-state index in [0.29, 0.717) is 26.2 Å². The zero-order valence-corrected chi connectivity index (χ0v) is 14.2. The standard InChI is InChI=1S/C16H28N2O6/c1-3-16-7-17-5-15(2,14(16)24)6-18(8-16)13(17)12(23)11(22)10(21)9(20)4-19/h9-13,19-23H,3-8H2,1-2H3/t9-,10+,11-,12-,13?,15?,16?/m1/s1. The van der Waals surface area contributed by atoms with Crippen molar-refractivity contribution in [2.75, 3.05) is 32.8 Å². The van der Waals surface area contributed by atoms with E-state index >= 15 is 0 Å². The number of rotatable bonds is 6. The van der Waals surface area contributed by atoms with E-state index in [0.717, 1.165) is 6.42 Å². The molecule has 2 unspecified atom stereocenters. The van der Waals surface area contributed by atoms with Crippen molar-refractivity contribution >= 4 is 5.78 Å². The van der Waals surface area contributed by atoms with Crippen molar-refractivity contribution in [3.63, 3.8) is 0 Å². The molecule has 138 valence electrons. The van der Waals surface area contributed by atoms with Gasteiger partial charge in [0.25, 0.3) is 0 Å². The molecule has 8 nitrogen and oxygen atoms in total. The van der Waals surface area contributed by atoms with E-state index in [9.17, 15) is 25.2 Å². The Morgan fingerprint density at radius 1 is 1.08 bits per heavy atom. The number of nitrogens with zero attached hydrogens (tertiary/aromatic N) is 2. The lowest BCUT2D eigenvalue weighted by Gasteiger charge is -2.66. The number of hydrogen-bond acceptors (Lipinski definition) is 8. The second kappa shape index (κ2) is 5.98. The lowest BCUT2D eigenvalue weighted by atomic mass is 9.60. The first-order valence-electron chi connectivity index (χ1n) is 8.55. The molecule has 8 heteroatoms. The van der Waals surface area contributed by atoms with Gasteiger partial charge in [-0.15, -0.1) is 0 Å². The summed E-state index contributed by atoms with van der Waals surface area (Å²) < 4.78 is 0. The Morgan fingerprint density at radius 2 is 1.62 bits per heavy atom. The van der Waals surface area contributed by atoms with Crippen LogP contribution in [0.2, 0.25) is 0 Å². The third-order valence-corrected chi connectivity index (χ3v) is 6.16. The van der Waals surface area contributed by atoms with Crippen LogP contribution in [0, 0.1) is 10.8 Å². The lowest BCUT2D eigenvalue weighted by molar-refractivity contribution is -0.231. The van der Waals surface area contributed by atoms with Crippen LogP contribution in [-0.2, 0) is 4.79 Å². The fourth-order valence-electron chi connectivity index (χ4n) is 4.95. The smallest absolute Gasteiger partial charge is 0.150 e. The highest BCUT2D eigenvalue weighted by atomic mass is 16.4. The van der Waals surface area contributed by atoms with Crippen molar-refractivity contribution in [3.8, 4) is 0 Å². The summed E-state index contributed by atoms with van der Waals surface area (Å²) in [6.45, 7) is 5.33. The molecule has 0 aliphatic carbocycles. The van der Waals surface area contributed by atoms with Crippen molar-refractivity contribution in [2.24, 2.45) is 10.8 Å². The van der Waals surface area contributed by atoms with Gasteiger partial charge in [0.15, 0.2) is 0 Å². The molecule has 5 N–H and O–H groups in total. The first kappa shape index (κ1) is 18.2. The van der Waals surface area contributed by atoms with E-state index in [4.69, 9.17) is 5.11 Å². The fourth-order valence-corrected chi connectivity index (χ4v) is 4.95. The maximum absolute atomic E-state index is 12.8. The molecule has 0 aromatic rings. The molecule has 6 atom stereocenters. The molecule has 24 heavy (non-hydrogen) atoms. The van der Waals surface area contributed by atoms with Gasteiger partial charge in [-0.3, -0.25) is 14.6 Å². The predicted molar refractivity (Wildman–Crippen MR) is 83.9 cm³/mol. The molecule has 0 spiro atoms. The third-order valence-electron chi connectivity index (χ3n) is 6.16. The summed E-state index contributed by atoms with van der Waals surface area (Å²) in [5.74, 6) is 0.286. The van der Waals surface area contributed by atoms with Gasteiger partial charge in [-0.1, -0.05) is 13.8 Å². The SMILES string of the molecule is CCC12CN3CC(C)(CN(C1)C3[C@H](O)[C@H](O)[C@@H](O)[C@H](O)CO)C2=O. The Morgan fingerprint density at radius 3 is 2.08 bits per heavy atom. The Labute approximate surface area is 141 Å². The van der Waals surface area contributed by atoms with Crippen LogP contribution in [0.15, 0.2) is 0 Å². The first-order chi connectivity index (χ1) is 11.2. The molecule has 4 fully saturated rings. The Bertz CT molecular complexity index is 499. The molecule has 0 aromatic carbocycles. The minimum Gasteiger partial charge on any atom is -0.394 e. The summed E-state index contributed by atoms with van der Waals surface area (Å²) in [4.78, 5) is 16.8. The number of carbonyl (C=O) groups is 1. The van der Waals surface area contributed by atoms with E-state index in [1.165, 1.54) is 0 Å². The monoisotopic (exact) mass is 344 g/mol. The molecule has 4 saturated heterocycles. The molecule has 4 aliphatic heterocycles. The van der Waals surface area contributed by atoms with Crippen LogP contribution in [0.5, 0.6) is 0 Å². The zero-order chi connectivity index (χ0) is 17.9. The summed E-state index contributed by atoms with van der Waals surface area (Å²) in [5, 5.41) is 49.1. The van der Waals surface area contributed by atoms with Crippen LogP contribution < -0.4 is 0 Å². The average molecular weight is 344 g/mol. The summed E-state index contributed by atoms with van der Waals surface area (Å²) >= 11 is 0. The highest BCUT2D eigenvalue weighted by Crippen LogP contribution is 2.50. The molecule has 0 amide bonds. The number of hydrogen-bond donors (Lipinski definition) is 5. The van der Waals surface area contributed by atoms with Crippen LogP contribution in [0.4, 0.5) is 0 Å². The van der Waals surface area contributed by atoms with Gasteiger partial charge in [0, 0.05) is 26.2 Å². The topological polar surface area (TPSA) is 125 Å². The molecule has 0 aromatic heterocycles. The molecule has 4 bridgehead atoms. The molecule has 4 aliphatic rings. The lowest BCUT2D eigenvalue weighted by Crippen LogP contribution is -2.81. The van der Waals surface area contributed by atoms with Gasteiger partial charge in [-0.05, 0) is 6.42 Å². The summed E-state index contributed by atoms with van der Waals surface area (Å²) in [6, 6.07) is 0. The zero-order valence-electron chi connectivity index (χ0n) is 14.2. The van der Waals surface area contributed by atoms with Gasteiger partial charge in [0.05, 0.1) is 23.6 Å². The first-order valence-corrected chi connectivity index (χ1v) is 8.55. The van der Waals surface area contributed by atoms with Crippen molar-refractivity contribution < 1.29 is 30.3 Å². The fraction of sp³-hybridized carbons (Fsp3) is 0.938. The number of aliphatic hydroxyl groups excluding tert-OH is 5. The van der Waals surface area contributed by atoms with Crippen molar-refractivity contribution in [3.05, 3.63) is 0 Å². The van der Waals surface area contributed by atoms with Gasteiger partial charge >= 0.3 is 0 Å². The van der Waals surface area contributed by atoms with Crippen molar-refractivity contribution in [1.29, 1.82) is 0 Å². The maximum atomic E-state index is 12.8. The summed E-state index contributed by atoms with van der Waals surface area (Å²) in [5.41, 5.74) is -0.910. The van der Waals surface area contributed by atoms with Crippen LogP contribution >= 0.6 is 0 Å². The van der Waals surface area contributed by atoms with E-state index in [1.54, 1.807) is 0 Å². The second-order valence-electron chi connectivity index (χ2n) is 7.97. The largest absolute Gasteiger partial charge is 0.394 e. The number of carbonyl (C=O) groups excluding carboxylic acids is 1. The molecular formula is C16H28N2O6. The number of ketones is 1. The van der Waals surface area contributed by atoms with Crippen LogP contribution in [0.25, 0.3) is 0 Å². The van der Waals surface area contributed by atoms with Gasteiger partial charge in [-0.2, -0.15) is 0 Å². The predicted octanol–water partition coefficient (Wildman–Crippen LogP) is -2.63. The van der Waals surface area contributed by atoms with Gasteiger partial charge in [0.2, 0.25) is 0 Å². The highest BCUT2D eigenvalue weighted by Gasteiger charge is 2.64. The van der Waals surface area contributed by atoms with E-state index < -0.39 is 48.0 Å². The van der Waals surface area contributed by atoms with Crippen LogP contribution in [0.1, 0.15) is 20.3 Å². The number of Topliss-reactive ketones (excluding diaryl/α,β-unsaturated/α-hetero) is 1.